The van der Waals surface area contributed by atoms with Gasteiger partial charge in [0, 0.05) is 19.3 Å². The van der Waals surface area contributed by atoms with E-state index in [0.717, 1.165) is 0 Å². The summed E-state index contributed by atoms with van der Waals surface area (Å²) in [7, 11) is -1.09. The van der Waals surface area contributed by atoms with E-state index in [1.165, 1.54) is 18.4 Å². The van der Waals surface area contributed by atoms with E-state index in [9.17, 15) is 12.8 Å². The first-order chi connectivity index (χ1) is 8.37. The topological polar surface area (TPSA) is 46.6 Å². The van der Waals surface area contributed by atoms with Gasteiger partial charge in [0.05, 0.1) is 5.75 Å². The normalized spacial score (nSPS) is 11.8. The zero-order valence-electron chi connectivity index (χ0n) is 10.6. The molecule has 0 N–H and O–H groups in total. The van der Waals surface area contributed by atoms with Crippen LogP contribution in [0.1, 0.15) is 0 Å². The summed E-state index contributed by atoms with van der Waals surface area (Å²) in [6, 6.07) is 5.79. The average molecular weight is 275 g/mol. The van der Waals surface area contributed by atoms with Crippen LogP contribution in [0.4, 0.5) is 4.39 Å². The van der Waals surface area contributed by atoms with E-state index >= 15 is 0 Å². The van der Waals surface area contributed by atoms with Crippen LogP contribution in [0.5, 0.6) is 5.75 Å². The Morgan fingerprint density at radius 3 is 2.39 bits per heavy atom. The van der Waals surface area contributed by atoms with E-state index in [-0.39, 0.29) is 11.6 Å². The largest absolute Gasteiger partial charge is 0.492 e. The van der Waals surface area contributed by atoms with Crippen molar-refractivity contribution in [3.63, 3.8) is 0 Å². The fraction of sp³-hybridized carbons (Fsp3) is 0.500. The van der Waals surface area contributed by atoms with Gasteiger partial charge in [-0.1, -0.05) is 0 Å². The standard InChI is InChI=1S/C12H18FNO3S/c1-14(8-10-18(2,15)16)7-9-17-12-5-3-11(13)4-6-12/h3-6H,7-10H2,1-2H3. The molecule has 0 saturated carbocycles. The number of hydrogen-bond donors (Lipinski definition) is 0. The van der Waals surface area contributed by atoms with Crippen molar-refractivity contribution in [2.45, 2.75) is 0 Å². The minimum Gasteiger partial charge on any atom is -0.492 e. The lowest BCUT2D eigenvalue weighted by Gasteiger charge is -2.16. The van der Waals surface area contributed by atoms with Gasteiger partial charge in [0.15, 0.2) is 0 Å². The van der Waals surface area contributed by atoms with Gasteiger partial charge in [0.25, 0.3) is 0 Å². The number of ether oxygens (including phenoxy) is 1. The van der Waals surface area contributed by atoms with Gasteiger partial charge in [-0.25, -0.2) is 12.8 Å². The molecule has 0 unspecified atom stereocenters. The number of hydrogen-bond acceptors (Lipinski definition) is 4. The summed E-state index contributed by atoms with van der Waals surface area (Å²) in [5.41, 5.74) is 0. The van der Waals surface area contributed by atoms with Crippen LogP contribution in [-0.2, 0) is 9.84 Å². The zero-order valence-corrected chi connectivity index (χ0v) is 11.4. The first-order valence-corrected chi connectivity index (χ1v) is 7.67. The summed E-state index contributed by atoms with van der Waals surface area (Å²) < 4.78 is 40.0. The molecule has 1 aromatic rings. The predicted octanol–water partition coefficient (Wildman–Crippen LogP) is 1.18. The number of benzene rings is 1. The van der Waals surface area contributed by atoms with E-state index in [0.29, 0.717) is 25.4 Å². The number of likely N-dealkylation sites (N-methyl/N-ethyl adjacent to an activating group) is 1. The van der Waals surface area contributed by atoms with E-state index in [4.69, 9.17) is 4.74 Å². The molecule has 0 radical (unpaired) electrons. The molecule has 0 aliphatic carbocycles. The second kappa shape index (κ2) is 6.70. The highest BCUT2D eigenvalue weighted by atomic mass is 32.2. The smallest absolute Gasteiger partial charge is 0.148 e. The third kappa shape index (κ3) is 6.56. The Labute approximate surface area is 107 Å². The summed E-state index contributed by atoms with van der Waals surface area (Å²) >= 11 is 0. The van der Waals surface area contributed by atoms with Crippen molar-refractivity contribution in [2.75, 3.05) is 38.8 Å². The van der Waals surface area contributed by atoms with Crippen LogP contribution in [0.2, 0.25) is 0 Å². The summed E-state index contributed by atoms with van der Waals surface area (Å²) in [5, 5.41) is 0. The molecule has 0 spiro atoms. The molecule has 0 aromatic heterocycles. The number of halogens is 1. The number of nitrogens with zero attached hydrogens (tertiary/aromatic N) is 1. The Bertz CT molecular complexity index is 459. The highest BCUT2D eigenvalue weighted by Gasteiger charge is 2.05. The first kappa shape index (κ1) is 14.9. The molecular weight excluding hydrogens is 257 g/mol. The average Bonchev–Trinajstić information content (AvgIpc) is 2.28. The molecule has 4 nitrogen and oxygen atoms in total. The minimum atomic E-state index is -2.93. The molecule has 0 atom stereocenters. The predicted molar refractivity (Wildman–Crippen MR) is 69.1 cm³/mol. The molecule has 1 aromatic carbocycles. The molecule has 18 heavy (non-hydrogen) atoms. The highest BCUT2D eigenvalue weighted by Crippen LogP contribution is 2.10. The maximum atomic E-state index is 12.6. The summed E-state index contributed by atoms with van der Waals surface area (Å²) in [5.74, 6) is 0.445. The van der Waals surface area contributed by atoms with Crippen molar-refractivity contribution < 1.29 is 17.5 Å². The van der Waals surface area contributed by atoms with Crippen LogP contribution >= 0.6 is 0 Å². The minimum absolute atomic E-state index is 0.139. The van der Waals surface area contributed by atoms with Gasteiger partial charge in [-0.05, 0) is 31.3 Å². The fourth-order valence-corrected chi connectivity index (χ4v) is 1.93. The molecule has 0 saturated heterocycles. The lowest BCUT2D eigenvalue weighted by molar-refractivity contribution is 0.244. The van der Waals surface area contributed by atoms with Gasteiger partial charge in [-0.2, -0.15) is 0 Å². The van der Waals surface area contributed by atoms with E-state index in [1.54, 1.807) is 12.1 Å². The van der Waals surface area contributed by atoms with Gasteiger partial charge < -0.3 is 9.64 Å². The third-order valence-corrected chi connectivity index (χ3v) is 3.32. The van der Waals surface area contributed by atoms with Crippen molar-refractivity contribution in [2.24, 2.45) is 0 Å². The zero-order chi connectivity index (χ0) is 13.6. The SMILES string of the molecule is CN(CCOc1ccc(F)cc1)CCS(C)(=O)=O. The van der Waals surface area contributed by atoms with E-state index in [2.05, 4.69) is 0 Å². The molecule has 6 heteroatoms. The number of sulfone groups is 1. The lowest BCUT2D eigenvalue weighted by atomic mass is 10.3. The van der Waals surface area contributed by atoms with Crippen molar-refractivity contribution in [1.82, 2.24) is 4.90 Å². The highest BCUT2D eigenvalue weighted by molar-refractivity contribution is 7.90. The van der Waals surface area contributed by atoms with Gasteiger partial charge >= 0.3 is 0 Å². The maximum Gasteiger partial charge on any atom is 0.148 e. The Kier molecular flexibility index (Phi) is 5.55. The second-order valence-corrected chi connectivity index (χ2v) is 6.50. The Morgan fingerprint density at radius 1 is 1.22 bits per heavy atom. The van der Waals surface area contributed by atoms with Crippen LogP contribution in [0.25, 0.3) is 0 Å². The molecule has 102 valence electrons. The van der Waals surface area contributed by atoms with Crippen LogP contribution in [0.15, 0.2) is 24.3 Å². The maximum absolute atomic E-state index is 12.6. The van der Waals surface area contributed by atoms with E-state index in [1.807, 2.05) is 11.9 Å². The van der Waals surface area contributed by atoms with Crippen molar-refractivity contribution in [3.8, 4) is 5.75 Å². The Hall–Kier alpha value is -1.14. The summed E-state index contributed by atoms with van der Waals surface area (Å²) in [6.07, 6.45) is 1.22. The molecular formula is C12H18FNO3S. The van der Waals surface area contributed by atoms with Gasteiger partial charge in [0.2, 0.25) is 0 Å². The lowest BCUT2D eigenvalue weighted by Crippen LogP contribution is -2.29. The first-order valence-electron chi connectivity index (χ1n) is 5.61. The quantitative estimate of drug-likeness (QED) is 0.749. The van der Waals surface area contributed by atoms with E-state index < -0.39 is 9.84 Å². The van der Waals surface area contributed by atoms with Crippen LogP contribution in [0.3, 0.4) is 0 Å². The molecule has 0 aliphatic rings. The fourth-order valence-electron chi connectivity index (χ4n) is 1.28. The molecule has 0 amide bonds. The molecule has 0 bridgehead atoms. The second-order valence-electron chi connectivity index (χ2n) is 4.24. The molecule has 0 heterocycles. The Balaban J connectivity index is 2.23. The van der Waals surface area contributed by atoms with Crippen molar-refractivity contribution >= 4 is 9.84 Å². The third-order valence-electron chi connectivity index (χ3n) is 2.40. The van der Waals surface area contributed by atoms with Crippen LogP contribution in [-0.4, -0.2) is 52.1 Å². The molecule has 0 fully saturated rings. The monoisotopic (exact) mass is 275 g/mol. The van der Waals surface area contributed by atoms with Gasteiger partial charge in [0.1, 0.15) is 28.0 Å². The Morgan fingerprint density at radius 2 is 1.83 bits per heavy atom. The van der Waals surface area contributed by atoms with Gasteiger partial charge in [-0.15, -0.1) is 0 Å². The number of rotatable bonds is 7. The summed E-state index contributed by atoms with van der Waals surface area (Å²) in [6.45, 7) is 1.53. The van der Waals surface area contributed by atoms with Crippen LogP contribution < -0.4 is 4.74 Å². The molecule has 0 aliphatic heterocycles. The molecule has 1 rings (SSSR count). The van der Waals surface area contributed by atoms with Crippen LogP contribution in [0, 0.1) is 5.82 Å². The van der Waals surface area contributed by atoms with Crippen molar-refractivity contribution in [1.29, 1.82) is 0 Å². The summed E-state index contributed by atoms with van der Waals surface area (Å²) in [4.78, 5) is 1.88. The van der Waals surface area contributed by atoms with Gasteiger partial charge in [-0.3, -0.25) is 0 Å². The van der Waals surface area contributed by atoms with Crippen molar-refractivity contribution in [3.05, 3.63) is 30.1 Å².